The molecule has 1 N–H and O–H groups in total. The van der Waals surface area contributed by atoms with Crippen molar-refractivity contribution in [3.05, 3.63) is 78.2 Å². The van der Waals surface area contributed by atoms with Crippen LogP contribution in [0.15, 0.2) is 67.0 Å². The third kappa shape index (κ3) is 5.00. The van der Waals surface area contributed by atoms with Crippen LogP contribution < -0.4 is 5.32 Å². The predicted octanol–water partition coefficient (Wildman–Crippen LogP) is 3.56. The second-order valence-electron chi connectivity index (χ2n) is 8.17. The number of hydrogen-bond acceptors (Lipinski definition) is 5. The van der Waals surface area contributed by atoms with Gasteiger partial charge >= 0.3 is 0 Å². The summed E-state index contributed by atoms with van der Waals surface area (Å²) in [5, 5.41) is 2.81. The van der Waals surface area contributed by atoms with Crippen LogP contribution >= 0.6 is 0 Å². The van der Waals surface area contributed by atoms with Crippen molar-refractivity contribution in [3.63, 3.8) is 0 Å². The van der Waals surface area contributed by atoms with Crippen molar-refractivity contribution in [1.82, 2.24) is 19.8 Å². The van der Waals surface area contributed by atoms with Gasteiger partial charge in [-0.05, 0) is 51.2 Å². The van der Waals surface area contributed by atoms with Gasteiger partial charge in [-0.15, -0.1) is 0 Å². The van der Waals surface area contributed by atoms with E-state index in [9.17, 15) is 9.59 Å². The molecular formula is C25H27N5O2. The Balaban J connectivity index is 1.43. The van der Waals surface area contributed by atoms with Gasteiger partial charge in [0.05, 0.1) is 18.1 Å². The summed E-state index contributed by atoms with van der Waals surface area (Å²) in [6.07, 6.45) is 5.04. The average molecular weight is 430 g/mol. The molecule has 2 heterocycles. The molecule has 0 unspecified atom stereocenters. The number of carbonyl (C=O) groups is 2. The maximum Gasteiger partial charge on any atom is 0.275 e. The van der Waals surface area contributed by atoms with Crippen molar-refractivity contribution in [2.75, 3.05) is 32.5 Å². The Morgan fingerprint density at radius 1 is 0.969 bits per heavy atom. The Morgan fingerprint density at radius 3 is 2.31 bits per heavy atom. The summed E-state index contributed by atoms with van der Waals surface area (Å²) < 4.78 is 0. The molecule has 1 aliphatic rings. The molecule has 2 aromatic carbocycles. The number of rotatable bonds is 5. The van der Waals surface area contributed by atoms with Crippen LogP contribution in [0, 0.1) is 0 Å². The second kappa shape index (κ2) is 9.70. The fraction of sp³-hybridized carbons (Fsp3) is 0.280. The van der Waals surface area contributed by atoms with Gasteiger partial charge in [0.15, 0.2) is 0 Å². The summed E-state index contributed by atoms with van der Waals surface area (Å²) in [6.45, 7) is 1.54. The number of para-hydroxylation sites is 1. The first-order valence-electron chi connectivity index (χ1n) is 10.8. The minimum absolute atomic E-state index is 0.0517. The topological polar surface area (TPSA) is 78.4 Å². The first-order chi connectivity index (χ1) is 15.5. The van der Waals surface area contributed by atoms with E-state index in [4.69, 9.17) is 0 Å². The third-order valence-corrected chi connectivity index (χ3v) is 5.81. The van der Waals surface area contributed by atoms with E-state index in [0.717, 1.165) is 31.5 Å². The van der Waals surface area contributed by atoms with Crippen LogP contribution in [0.2, 0.25) is 0 Å². The Hall–Kier alpha value is -3.58. The van der Waals surface area contributed by atoms with Crippen molar-refractivity contribution in [3.8, 4) is 11.3 Å². The van der Waals surface area contributed by atoms with Gasteiger partial charge in [0, 0.05) is 35.9 Å². The van der Waals surface area contributed by atoms with Crippen LogP contribution in [0.25, 0.3) is 11.3 Å². The van der Waals surface area contributed by atoms with Gasteiger partial charge in [-0.25, -0.2) is 4.98 Å². The van der Waals surface area contributed by atoms with Crippen molar-refractivity contribution >= 4 is 17.5 Å². The molecule has 3 aromatic rings. The number of amides is 2. The lowest BCUT2D eigenvalue weighted by Crippen LogP contribution is -2.44. The molecule has 0 saturated carbocycles. The largest absolute Gasteiger partial charge is 0.339 e. The smallest absolute Gasteiger partial charge is 0.275 e. The fourth-order valence-electron chi connectivity index (χ4n) is 3.88. The summed E-state index contributed by atoms with van der Waals surface area (Å²) in [7, 11) is 4.17. The van der Waals surface area contributed by atoms with Crippen LogP contribution in [0.1, 0.15) is 33.7 Å². The van der Waals surface area contributed by atoms with Gasteiger partial charge in [0.2, 0.25) is 0 Å². The van der Waals surface area contributed by atoms with Crippen molar-refractivity contribution < 1.29 is 9.59 Å². The monoisotopic (exact) mass is 429 g/mol. The van der Waals surface area contributed by atoms with Crippen molar-refractivity contribution in [2.45, 2.75) is 18.9 Å². The van der Waals surface area contributed by atoms with Crippen molar-refractivity contribution in [2.24, 2.45) is 0 Å². The van der Waals surface area contributed by atoms with Gasteiger partial charge in [0.25, 0.3) is 11.8 Å². The molecule has 0 radical (unpaired) electrons. The highest BCUT2D eigenvalue weighted by Crippen LogP contribution is 2.20. The second-order valence-corrected chi connectivity index (χ2v) is 8.17. The molecule has 1 aromatic heterocycles. The molecule has 7 heteroatoms. The van der Waals surface area contributed by atoms with Gasteiger partial charge < -0.3 is 15.1 Å². The molecule has 1 fully saturated rings. The first-order valence-corrected chi connectivity index (χ1v) is 10.8. The lowest BCUT2D eigenvalue weighted by atomic mass is 10.0. The van der Waals surface area contributed by atoms with Crippen LogP contribution in [0.5, 0.6) is 0 Å². The first kappa shape index (κ1) is 21.6. The Bertz CT molecular complexity index is 1080. The number of likely N-dealkylation sites (tertiary alicyclic amines) is 1. The number of anilines is 1. The van der Waals surface area contributed by atoms with Gasteiger partial charge in [-0.1, -0.05) is 30.3 Å². The van der Waals surface area contributed by atoms with E-state index in [2.05, 4.69) is 34.3 Å². The normalized spacial score (nSPS) is 14.4. The number of nitrogens with zero attached hydrogens (tertiary/aromatic N) is 4. The maximum absolute atomic E-state index is 12.9. The summed E-state index contributed by atoms with van der Waals surface area (Å²) in [5.41, 5.74) is 2.96. The summed E-state index contributed by atoms with van der Waals surface area (Å²) >= 11 is 0. The zero-order valence-corrected chi connectivity index (χ0v) is 18.4. The van der Waals surface area contributed by atoms with E-state index in [1.165, 1.54) is 6.20 Å². The number of hydrogen-bond donors (Lipinski definition) is 1. The molecule has 32 heavy (non-hydrogen) atoms. The number of aromatic nitrogens is 2. The molecular weight excluding hydrogens is 402 g/mol. The third-order valence-electron chi connectivity index (χ3n) is 5.81. The Kier molecular flexibility index (Phi) is 6.56. The fourth-order valence-corrected chi connectivity index (χ4v) is 3.88. The van der Waals surface area contributed by atoms with Gasteiger partial charge in [-0.2, -0.15) is 0 Å². The minimum atomic E-state index is -0.321. The quantitative estimate of drug-likeness (QED) is 0.671. The Labute approximate surface area is 188 Å². The summed E-state index contributed by atoms with van der Waals surface area (Å²) in [6, 6.07) is 17.1. The lowest BCUT2D eigenvalue weighted by Gasteiger charge is -2.35. The molecule has 0 spiro atoms. The molecule has 7 nitrogen and oxygen atoms in total. The van der Waals surface area contributed by atoms with E-state index in [1.807, 2.05) is 59.5 Å². The highest BCUT2D eigenvalue weighted by atomic mass is 16.2. The van der Waals surface area contributed by atoms with Crippen LogP contribution in [-0.2, 0) is 0 Å². The lowest BCUT2D eigenvalue weighted by molar-refractivity contribution is 0.0663. The van der Waals surface area contributed by atoms with E-state index >= 15 is 0 Å². The standard InChI is InChI=1S/C25H27N5O2/c1-29(2)21-12-14-30(15-13-21)25(32)19-10-8-18(9-11-19)22-16-26-17-23(28-22)24(31)27-20-6-4-3-5-7-20/h3-11,16-17,21H,12-15H2,1-2H3,(H,27,31). The highest BCUT2D eigenvalue weighted by Gasteiger charge is 2.24. The summed E-state index contributed by atoms with van der Waals surface area (Å²) in [4.78, 5) is 38.2. The average Bonchev–Trinajstić information content (AvgIpc) is 2.84. The van der Waals surface area contributed by atoms with E-state index in [1.54, 1.807) is 6.20 Å². The molecule has 1 aliphatic heterocycles. The molecule has 4 rings (SSSR count). The molecule has 2 amide bonds. The molecule has 0 bridgehead atoms. The summed E-state index contributed by atoms with van der Waals surface area (Å²) in [5.74, 6) is -0.269. The maximum atomic E-state index is 12.9. The number of benzene rings is 2. The highest BCUT2D eigenvalue weighted by molar-refractivity contribution is 6.03. The van der Waals surface area contributed by atoms with Crippen LogP contribution in [0.3, 0.4) is 0 Å². The zero-order chi connectivity index (χ0) is 22.5. The number of nitrogens with one attached hydrogen (secondary N) is 1. The van der Waals surface area contributed by atoms with Gasteiger partial charge in [-0.3, -0.25) is 14.6 Å². The minimum Gasteiger partial charge on any atom is -0.339 e. The van der Waals surface area contributed by atoms with Gasteiger partial charge in [0.1, 0.15) is 5.69 Å². The predicted molar refractivity (Wildman–Crippen MR) is 124 cm³/mol. The van der Waals surface area contributed by atoms with E-state index in [-0.39, 0.29) is 17.5 Å². The van der Waals surface area contributed by atoms with Crippen LogP contribution in [0.4, 0.5) is 5.69 Å². The van der Waals surface area contributed by atoms with E-state index in [0.29, 0.717) is 23.0 Å². The molecule has 1 saturated heterocycles. The number of carbonyl (C=O) groups excluding carboxylic acids is 2. The SMILES string of the molecule is CN(C)C1CCN(C(=O)c2ccc(-c3cncc(C(=O)Nc4ccccc4)n3)cc2)CC1. The zero-order valence-electron chi connectivity index (χ0n) is 18.4. The van der Waals surface area contributed by atoms with Crippen LogP contribution in [-0.4, -0.2) is 64.8 Å². The number of piperidine rings is 1. The Morgan fingerprint density at radius 2 is 1.66 bits per heavy atom. The molecule has 0 aliphatic carbocycles. The molecule has 0 atom stereocenters. The van der Waals surface area contributed by atoms with Crippen molar-refractivity contribution in [1.29, 1.82) is 0 Å². The van der Waals surface area contributed by atoms with E-state index < -0.39 is 0 Å². The molecule has 164 valence electrons.